The molecular weight excluding hydrogens is 737 g/mol. The van der Waals surface area contributed by atoms with Crippen molar-refractivity contribution in [3.8, 4) is 0 Å². The number of piperazine rings is 2. The smallest absolute Gasteiger partial charge is 0.247 e. The fraction of sp³-hybridized carbons (Fsp3) is 0.356. The van der Waals surface area contributed by atoms with Crippen molar-refractivity contribution in [2.45, 2.75) is 37.4 Å². The summed E-state index contributed by atoms with van der Waals surface area (Å²) in [6.07, 6.45) is 4.65. The molecule has 12 heteroatoms. The Balaban J connectivity index is 1.24. The summed E-state index contributed by atoms with van der Waals surface area (Å²) in [7, 11) is 0.691. The van der Waals surface area contributed by atoms with Gasteiger partial charge in [0.2, 0.25) is 17.7 Å². The second-order valence-electron chi connectivity index (χ2n) is 15.2. The van der Waals surface area contributed by atoms with Gasteiger partial charge < -0.3 is 24.5 Å². The minimum absolute atomic E-state index is 0.0854. The summed E-state index contributed by atoms with van der Waals surface area (Å²) < 4.78 is 24.1. The van der Waals surface area contributed by atoms with Gasteiger partial charge in [-0.05, 0) is 64.7 Å². The molecule has 0 saturated carbocycles. The number of nitrogens with zero attached hydrogens (tertiary/aromatic N) is 6. The SMILES string of the molecule is CC(=O)N1CCN(c2ccc(CN(C(=O)/C=C/c3ccc(S(C)(=O)=O)cc3)[C@@H](Cc3ccccc3)C(=O)N3CCN(Cc4ccc(N(C)C)cc4)CC3)cc2)CC1. The van der Waals surface area contributed by atoms with Crippen molar-refractivity contribution in [1.82, 2.24) is 19.6 Å². The molecule has 0 N–H and O–H groups in total. The van der Waals surface area contributed by atoms with Crippen LogP contribution in [-0.4, -0.2) is 124 Å². The van der Waals surface area contributed by atoms with Crippen LogP contribution < -0.4 is 9.80 Å². The Labute approximate surface area is 337 Å². The van der Waals surface area contributed by atoms with E-state index < -0.39 is 15.9 Å². The largest absolute Gasteiger partial charge is 0.378 e. The molecule has 0 spiro atoms. The molecule has 11 nitrogen and oxygen atoms in total. The molecule has 57 heavy (non-hydrogen) atoms. The van der Waals surface area contributed by atoms with Gasteiger partial charge in [-0.1, -0.05) is 66.7 Å². The van der Waals surface area contributed by atoms with Crippen LogP contribution in [0.25, 0.3) is 6.08 Å². The van der Waals surface area contributed by atoms with Crippen molar-refractivity contribution in [3.05, 3.63) is 131 Å². The average molecular weight is 791 g/mol. The maximum atomic E-state index is 14.7. The van der Waals surface area contributed by atoms with E-state index in [9.17, 15) is 22.8 Å². The van der Waals surface area contributed by atoms with Gasteiger partial charge in [-0.2, -0.15) is 0 Å². The van der Waals surface area contributed by atoms with Gasteiger partial charge in [0.25, 0.3) is 0 Å². The van der Waals surface area contributed by atoms with Crippen molar-refractivity contribution in [1.29, 1.82) is 0 Å². The normalized spacial score (nSPS) is 15.8. The third kappa shape index (κ3) is 11.1. The van der Waals surface area contributed by atoms with Gasteiger partial charge in [-0.15, -0.1) is 0 Å². The number of sulfone groups is 1. The lowest BCUT2D eigenvalue weighted by Crippen LogP contribution is -2.56. The molecule has 300 valence electrons. The molecule has 0 radical (unpaired) electrons. The van der Waals surface area contributed by atoms with Crippen LogP contribution in [-0.2, 0) is 43.7 Å². The van der Waals surface area contributed by atoms with Gasteiger partial charge in [0, 0.05) is 117 Å². The molecule has 0 bridgehead atoms. The predicted octanol–water partition coefficient (Wildman–Crippen LogP) is 4.82. The van der Waals surface area contributed by atoms with E-state index in [0.29, 0.717) is 38.2 Å². The highest BCUT2D eigenvalue weighted by molar-refractivity contribution is 7.90. The lowest BCUT2D eigenvalue weighted by atomic mass is 10.0. The van der Waals surface area contributed by atoms with Gasteiger partial charge in [0.15, 0.2) is 9.84 Å². The fourth-order valence-corrected chi connectivity index (χ4v) is 8.01. The summed E-state index contributed by atoms with van der Waals surface area (Å²) in [5.41, 5.74) is 5.92. The molecule has 0 aliphatic carbocycles. The van der Waals surface area contributed by atoms with E-state index in [2.05, 4.69) is 39.0 Å². The van der Waals surface area contributed by atoms with Gasteiger partial charge >= 0.3 is 0 Å². The maximum absolute atomic E-state index is 14.7. The van der Waals surface area contributed by atoms with E-state index in [4.69, 9.17) is 0 Å². The first kappa shape index (κ1) is 41.2. The van der Waals surface area contributed by atoms with Crippen LogP contribution in [0.3, 0.4) is 0 Å². The van der Waals surface area contributed by atoms with Crippen LogP contribution in [0.5, 0.6) is 0 Å². The number of carbonyl (C=O) groups excluding carboxylic acids is 3. The zero-order chi connectivity index (χ0) is 40.5. The Morgan fingerprint density at radius 2 is 1.30 bits per heavy atom. The average Bonchev–Trinajstić information content (AvgIpc) is 3.22. The van der Waals surface area contributed by atoms with Crippen LogP contribution in [0.1, 0.15) is 29.2 Å². The minimum Gasteiger partial charge on any atom is -0.378 e. The summed E-state index contributed by atoms with van der Waals surface area (Å²) in [6, 6.07) is 32.1. The molecule has 4 aromatic rings. The van der Waals surface area contributed by atoms with Crippen molar-refractivity contribution in [2.75, 3.05) is 82.5 Å². The number of rotatable bonds is 13. The second kappa shape index (κ2) is 18.7. The summed E-state index contributed by atoms with van der Waals surface area (Å²) in [5, 5.41) is 0. The maximum Gasteiger partial charge on any atom is 0.247 e. The van der Waals surface area contributed by atoms with E-state index in [1.54, 1.807) is 30.0 Å². The lowest BCUT2D eigenvalue weighted by Gasteiger charge is -2.39. The first-order chi connectivity index (χ1) is 27.3. The molecule has 0 unspecified atom stereocenters. The number of anilines is 2. The molecule has 2 aliphatic heterocycles. The van der Waals surface area contributed by atoms with E-state index in [1.807, 2.05) is 78.5 Å². The van der Waals surface area contributed by atoms with Gasteiger partial charge in [-0.25, -0.2) is 8.42 Å². The molecule has 3 amide bonds. The molecule has 0 aromatic heterocycles. The molecule has 2 saturated heterocycles. The number of hydrogen-bond donors (Lipinski definition) is 0. The zero-order valence-electron chi connectivity index (χ0n) is 33.5. The van der Waals surface area contributed by atoms with E-state index in [-0.39, 0.29) is 29.2 Å². The topological polar surface area (TPSA) is 105 Å². The van der Waals surface area contributed by atoms with E-state index in [1.165, 1.54) is 23.8 Å². The van der Waals surface area contributed by atoms with Crippen LogP contribution in [0.2, 0.25) is 0 Å². The van der Waals surface area contributed by atoms with Gasteiger partial charge in [0.1, 0.15) is 6.04 Å². The molecule has 4 aromatic carbocycles. The van der Waals surface area contributed by atoms with Crippen LogP contribution in [0, 0.1) is 0 Å². The standard InChI is InChI=1S/C45H54N6O5S/c1-35(52)48-28-30-49(31-29-48)41-19-12-39(13-20-41)34-51(44(53)23-16-36-14-21-42(22-15-36)57(4,55)56)43(32-37-8-6-5-7-9-37)45(54)50-26-24-47(25-27-50)33-38-10-17-40(18-11-38)46(2)3/h5-23,43H,24-34H2,1-4H3/b23-16+/t43-/m0/s1. The molecule has 2 heterocycles. The van der Waals surface area contributed by atoms with Crippen molar-refractivity contribution < 1.29 is 22.8 Å². The monoisotopic (exact) mass is 790 g/mol. The summed E-state index contributed by atoms with van der Waals surface area (Å²) in [6.45, 7) is 7.97. The van der Waals surface area contributed by atoms with Crippen LogP contribution >= 0.6 is 0 Å². The van der Waals surface area contributed by atoms with Crippen molar-refractivity contribution in [3.63, 3.8) is 0 Å². The van der Waals surface area contributed by atoms with Crippen LogP contribution in [0.4, 0.5) is 11.4 Å². The summed E-state index contributed by atoms with van der Waals surface area (Å²) in [4.78, 5) is 53.3. The quantitative estimate of drug-likeness (QED) is 0.178. The molecule has 2 fully saturated rings. The van der Waals surface area contributed by atoms with Crippen molar-refractivity contribution >= 4 is 45.0 Å². The summed E-state index contributed by atoms with van der Waals surface area (Å²) in [5.74, 6) is -0.323. The van der Waals surface area contributed by atoms with Crippen LogP contribution in [0.15, 0.2) is 114 Å². The highest BCUT2D eigenvalue weighted by Crippen LogP contribution is 2.23. The summed E-state index contributed by atoms with van der Waals surface area (Å²) >= 11 is 0. The Kier molecular flexibility index (Phi) is 13.5. The third-order valence-electron chi connectivity index (χ3n) is 10.9. The van der Waals surface area contributed by atoms with E-state index >= 15 is 0 Å². The zero-order valence-corrected chi connectivity index (χ0v) is 34.3. The highest BCUT2D eigenvalue weighted by atomic mass is 32.2. The first-order valence-electron chi connectivity index (χ1n) is 19.5. The second-order valence-corrected chi connectivity index (χ2v) is 17.2. The lowest BCUT2D eigenvalue weighted by molar-refractivity contribution is -0.145. The Bertz CT molecular complexity index is 2110. The Hall–Kier alpha value is -5.46. The first-order valence-corrected chi connectivity index (χ1v) is 21.4. The predicted molar refractivity (Wildman–Crippen MR) is 227 cm³/mol. The number of carbonyl (C=O) groups is 3. The Morgan fingerprint density at radius 3 is 1.88 bits per heavy atom. The third-order valence-corrected chi connectivity index (χ3v) is 12.0. The fourth-order valence-electron chi connectivity index (χ4n) is 7.38. The molecule has 2 aliphatic rings. The highest BCUT2D eigenvalue weighted by Gasteiger charge is 2.34. The number of hydrogen-bond acceptors (Lipinski definition) is 8. The molecular formula is C45H54N6O5S. The van der Waals surface area contributed by atoms with Gasteiger partial charge in [0.05, 0.1) is 4.90 Å². The minimum atomic E-state index is -3.37. The Morgan fingerprint density at radius 1 is 0.702 bits per heavy atom. The number of benzene rings is 4. The van der Waals surface area contributed by atoms with Gasteiger partial charge in [-0.3, -0.25) is 19.3 Å². The molecule has 1 atom stereocenters. The number of amides is 3. The molecule has 6 rings (SSSR count). The van der Waals surface area contributed by atoms with Crippen molar-refractivity contribution in [2.24, 2.45) is 0 Å². The van der Waals surface area contributed by atoms with E-state index in [0.717, 1.165) is 61.5 Å².